The second kappa shape index (κ2) is 8.14. The highest BCUT2D eigenvalue weighted by molar-refractivity contribution is 5.44. The highest BCUT2D eigenvalue weighted by Crippen LogP contribution is 2.11. The largest absolute Gasteiger partial charge is 0.385 e. The molecule has 0 saturated carbocycles. The zero-order valence-corrected chi connectivity index (χ0v) is 14.0. The van der Waals surface area contributed by atoms with Crippen LogP contribution >= 0.6 is 0 Å². The van der Waals surface area contributed by atoms with Gasteiger partial charge in [-0.1, -0.05) is 48.0 Å². The van der Waals surface area contributed by atoms with Crippen molar-refractivity contribution in [2.45, 2.75) is 25.9 Å². The van der Waals surface area contributed by atoms with Gasteiger partial charge in [0.1, 0.15) is 0 Å². The molecule has 2 aromatic carbocycles. The lowest BCUT2D eigenvalue weighted by Gasteiger charge is -2.34. The van der Waals surface area contributed by atoms with E-state index in [1.807, 2.05) is 0 Å². The predicted octanol–water partition coefficient (Wildman–Crippen LogP) is 3.27. The molecule has 23 heavy (non-hydrogen) atoms. The maximum absolute atomic E-state index is 3.65. The van der Waals surface area contributed by atoms with Gasteiger partial charge < -0.3 is 10.6 Å². The molecule has 2 aromatic rings. The van der Waals surface area contributed by atoms with E-state index in [9.17, 15) is 0 Å². The van der Waals surface area contributed by atoms with Crippen molar-refractivity contribution < 1.29 is 0 Å². The van der Waals surface area contributed by atoms with Gasteiger partial charge in [-0.25, -0.2) is 0 Å². The number of aryl methyl sites for hydroxylation is 1. The fourth-order valence-corrected chi connectivity index (χ4v) is 3.14. The molecule has 2 N–H and O–H groups in total. The van der Waals surface area contributed by atoms with E-state index in [-0.39, 0.29) is 0 Å². The molecule has 1 saturated heterocycles. The zero-order chi connectivity index (χ0) is 15.9. The minimum absolute atomic E-state index is 0.574. The lowest BCUT2D eigenvalue weighted by atomic mass is 10.1. The van der Waals surface area contributed by atoms with E-state index in [4.69, 9.17) is 0 Å². The van der Waals surface area contributed by atoms with E-state index >= 15 is 0 Å². The molecule has 0 bridgehead atoms. The molecule has 0 aliphatic carbocycles. The molecule has 1 fully saturated rings. The smallest absolute Gasteiger partial charge is 0.0340 e. The molecule has 1 aliphatic heterocycles. The summed E-state index contributed by atoms with van der Waals surface area (Å²) in [6.07, 6.45) is 1.15. The van der Waals surface area contributed by atoms with Gasteiger partial charge in [0.25, 0.3) is 0 Å². The number of hydrogen-bond acceptors (Lipinski definition) is 3. The van der Waals surface area contributed by atoms with Crippen LogP contribution in [0.5, 0.6) is 0 Å². The first-order valence-electron chi connectivity index (χ1n) is 8.60. The molecule has 0 aromatic heterocycles. The minimum Gasteiger partial charge on any atom is -0.385 e. The number of benzene rings is 2. The highest BCUT2D eigenvalue weighted by Gasteiger charge is 2.18. The number of piperazine rings is 1. The van der Waals surface area contributed by atoms with Crippen molar-refractivity contribution >= 4 is 5.69 Å². The summed E-state index contributed by atoms with van der Waals surface area (Å²) < 4.78 is 0. The molecular formula is C20H27N3. The Bertz CT molecular complexity index is 580. The molecular weight excluding hydrogens is 282 g/mol. The first-order chi connectivity index (χ1) is 11.3. The summed E-state index contributed by atoms with van der Waals surface area (Å²) in [7, 11) is 0. The van der Waals surface area contributed by atoms with Crippen LogP contribution in [0, 0.1) is 6.92 Å². The van der Waals surface area contributed by atoms with Gasteiger partial charge in [-0.15, -0.1) is 0 Å². The second-order valence-electron chi connectivity index (χ2n) is 6.45. The van der Waals surface area contributed by atoms with Crippen molar-refractivity contribution in [3.8, 4) is 0 Å². The number of nitrogens with zero attached hydrogens (tertiary/aromatic N) is 1. The van der Waals surface area contributed by atoms with Gasteiger partial charge in [-0.2, -0.15) is 0 Å². The van der Waals surface area contributed by atoms with Gasteiger partial charge in [0.15, 0.2) is 0 Å². The Morgan fingerprint density at radius 2 is 1.87 bits per heavy atom. The number of rotatable bonds is 6. The monoisotopic (exact) mass is 309 g/mol. The summed E-state index contributed by atoms with van der Waals surface area (Å²) >= 11 is 0. The van der Waals surface area contributed by atoms with Gasteiger partial charge in [0.05, 0.1) is 0 Å². The predicted molar refractivity (Wildman–Crippen MR) is 97.8 cm³/mol. The molecule has 0 amide bonds. The highest BCUT2D eigenvalue weighted by atomic mass is 15.2. The first-order valence-corrected chi connectivity index (χ1v) is 8.60. The van der Waals surface area contributed by atoms with Gasteiger partial charge >= 0.3 is 0 Å². The van der Waals surface area contributed by atoms with Crippen LogP contribution in [0.2, 0.25) is 0 Å². The topological polar surface area (TPSA) is 27.3 Å². The normalized spacial score (nSPS) is 18.7. The maximum Gasteiger partial charge on any atom is 0.0340 e. The summed E-state index contributed by atoms with van der Waals surface area (Å²) in [5.41, 5.74) is 3.93. The van der Waals surface area contributed by atoms with Gasteiger partial charge in [-0.3, -0.25) is 4.90 Å². The van der Waals surface area contributed by atoms with Crippen molar-refractivity contribution in [3.63, 3.8) is 0 Å². The summed E-state index contributed by atoms with van der Waals surface area (Å²) in [6, 6.07) is 20.0. The van der Waals surface area contributed by atoms with E-state index in [1.54, 1.807) is 0 Å². The molecule has 0 spiro atoms. The fourth-order valence-electron chi connectivity index (χ4n) is 3.14. The fraction of sp³-hybridized carbons (Fsp3) is 0.400. The maximum atomic E-state index is 3.65. The summed E-state index contributed by atoms with van der Waals surface area (Å²) in [4.78, 5) is 2.56. The Morgan fingerprint density at radius 3 is 2.65 bits per heavy atom. The SMILES string of the molecule is Cc1ccc(NCC[C@@H]2CN(Cc3ccccc3)CCN2)cc1. The minimum atomic E-state index is 0.574. The van der Waals surface area contributed by atoms with E-state index in [0.717, 1.165) is 39.1 Å². The second-order valence-corrected chi connectivity index (χ2v) is 6.45. The Kier molecular flexibility index (Phi) is 5.67. The van der Waals surface area contributed by atoms with Gasteiger partial charge in [-0.05, 0) is 31.0 Å². The molecule has 3 heteroatoms. The zero-order valence-electron chi connectivity index (χ0n) is 14.0. The van der Waals surface area contributed by atoms with Crippen molar-refractivity contribution in [3.05, 3.63) is 65.7 Å². The molecule has 122 valence electrons. The lowest BCUT2D eigenvalue weighted by molar-refractivity contribution is 0.189. The molecule has 3 nitrogen and oxygen atoms in total. The molecule has 1 atom stereocenters. The molecule has 3 rings (SSSR count). The Hall–Kier alpha value is -1.84. The van der Waals surface area contributed by atoms with Crippen molar-refractivity contribution in [2.24, 2.45) is 0 Å². The van der Waals surface area contributed by atoms with Crippen LogP contribution in [0.15, 0.2) is 54.6 Å². The molecule has 0 radical (unpaired) electrons. The van der Waals surface area contributed by atoms with Crippen molar-refractivity contribution in [1.29, 1.82) is 0 Å². The summed E-state index contributed by atoms with van der Waals surface area (Å²) in [6.45, 7) is 7.55. The van der Waals surface area contributed by atoms with Crippen LogP contribution < -0.4 is 10.6 Å². The third kappa shape index (κ3) is 5.08. The van der Waals surface area contributed by atoms with Crippen molar-refractivity contribution in [1.82, 2.24) is 10.2 Å². The quantitative estimate of drug-likeness (QED) is 0.857. The van der Waals surface area contributed by atoms with Crippen molar-refractivity contribution in [2.75, 3.05) is 31.5 Å². The number of hydrogen-bond donors (Lipinski definition) is 2. The Morgan fingerprint density at radius 1 is 1.09 bits per heavy atom. The van der Waals surface area contributed by atoms with Crippen LogP contribution in [0.3, 0.4) is 0 Å². The molecule has 1 heterocycles. The average Bonchev–Trinajstić information content (AvgIpc) is 2.58. The lowest BCUT2D eigenvalue weighted by Crippen LogP contribution is -2.50. The molecule has 1 aliphatic rings. The standard InChI is InChI=1S/C20H27N3/c1-17-7-9-19(10-8-17)21-12-11-20-16-23(14-13-22-20)15-18-5-3-2-4-6-18/h2-10,20-22H,11-16H2,1H3/t20-/m1/s1. The van der Waals surface area contributed by atoms with Gasteiger partial charge in [0.2, 0.25) is 0 Å². The summed E-state index contributed by atoms with van der Waals surface area (Å²) in [5.74, 6) is 0. The number of nitrogens with one attached hydrogen (secondary N) is 2. The van der Waals surface area contributed by atoms with Gasteiger partial charge in [0, 0.05) is 44.5 Å². The van der Waals surface area contributed by atoms with Crippen LogP contribution in [0.1, 0.15) is 17.5 Å². The average molecular weight is 309 g/mol. The van der Waals surface area contributed by atoms with Crippen LogP contribution in [0.4, 0.5) is 5.69 Å². The van der Waals surface area contributed by atoms with E-state index in [2.05, 4.69) is 77.1 Å². The number of anilines is 1. The summed E-state index contributed by atoms with van der Waals surface area (Å²) in [5, 5.41) is 7.17. The molecule has 0 unspecified atom stereocenters. The third-order valence-corrected chi connectivity index (χ3v) is 4.46. The van der Waals surface area contributed by atoms with Crippen LogP contribution in [0.25, 0.3) is 0 Å². The van der Waals surface area contributed by atoms with Crippen LogP contribution in [-0.2, 0) is 6.54 Å². The van der Waals surface area contributed by atoms with Crippen LogP contribution in [-0.4, -0.2) is 37.1 Å². The third-order valence-electron chi connectivity index (χ3n) is 4.46. The Balaban J connectivity index is 1.42. The van der Waals surface area contributed by atoms with E-state index in [1.165, 1.54) is 16.8 Å². The Labute approximate surface area is 139 Å². The van der Waals surface area contributed by atoms with E-state index in [0.29, 0.717) is 6.04 Å². The van der Waals surface area contributed by atoms with E-state index < -0.39 is 0 Å². The first kappa shape index (κ1) is 16.0.